The van der Waals surface area contributed by atoms with Crippen molar-refractivity contribution in [3.05, 3.63) is 24.2 Å². The first-order valence-corrected chi connectivity index (χ1v) is 7.47. The van der Waals surface area contributed by atoms with Gasteiger partial charge < -0.3 is 19.7 Å². The molecule has 1 aromatic rings. The van der Waals surface area contributed by atoms with Crippen molar-refractivity contribution in [3.63, 3.8) is 0 Å². The highest BCUT2D eigenvalue weighted by Crippen LogP contribution is 2.39. The molecule has 1 saturated heterocycles. The van der Waals surface area contributed by atoms with Gasteiger partial charge in [-0.3, -0.25) is 0 Å². The summed E-state index contributed by atoms with van der Waals surface area (Å²) in [6.45, 7) is 0.357. The van der Waals surface area contributed by atoms with E-state index in [1.54, 1.807) is 23.5 Å². The van der Waals surface area contributed by atoms with Crippen molar-refractivity contribution in [2.75, 3.05) is 0 Å². The molecular formula is C15H20N2O4. The minimum absolute atomic E-state index is 0.0733. The topological polar surface area (TPSA) is 82.8 Å². The number of nitrogens with one attached hydrogen (secondary N) is 1. The number of fused-ring (bicyclic) bond motifs is 1. The van der Waals surface area contributed by atoms with Gasteiger partial charge in [0.2, 0.25) is 0 Å². The first-order valence-electron chi connectivity index (χ1n) is 7.47. The molecule has 1 aliphatic heterocycles. The Kier molecular flexibility index (Phi) is 3.86. The maximum absolute atomic E-state index is 12.4. The number of hydrogen-bond acceptors (Lipinski definition) is 3. The molecule has 2 aliphatic rings. The molecule has 1 saturated carbocycles. The number of nitrogens with zero attached hydrogens (tertiary/aromatic N) is 1. The van der Waals surface area contributed by atoms with Gasteiger partial charge in [0.25, 0.3) is 0 Å². The van der Waals surface area contributed by atoms with Gasteiger partial charge in [0.1, 0.15) is 6.04 Å². The van der Waals surface area contributed by atoms with Crippen LogP contribution in [0.15, 0.2) is 23.0 Å². The zero-order chi connectivity index (χ0) is 14.8. The fraction of sp³-hybridized carbons (Fsp3) is 0.600. The van der Waals surface area contributed by atoms with Crippen LogP contribution in [-0.2, 0) is 11.3 Å². The van der Waals surface area contributed by atoms with E-state index < -0.39 is 12.0 Å². The summed E-state index contributed by atoms with van der Waals surface area (Å²) in [7, 11) is 0. The quantitative estimate of drug-likeness (QED) is 0.894. The lowest BCUT2D eigenvalue weighted by Gasteiger charge is -2.32. The molecule has 114 valence electrons. The number of aliphatic carboxylic acids is 1. The SMILES string of the molecule is O=C(O)C1CC2CCCCC2N1C(=O)NCc1ccoc1. The Morgan fingerprint density at radius 1 is 1.38 bits per heavy atom. The van der Waals surface area contributed by atoms with Crippen molar-refractivity contribution in [2.45, 2.75) is 50.7 Å². The van der Waals surface area contributed by atoms with Crippen molar-refractivity contribution in [1.82, 2.24) is 10.2 Å². The van der Waals surface area contributed by atoms with Crippen LogP contribution in [-0.4, -0.2) is 34.1 Å². The van der Waals surface area contributed by atoms with Crippen molar-refractivity contribution >= 4 is 12.0 Å². The number of urea groups is 1. The average molecular weight is 292 g/mol. The molecule has 6 nitrogen and oxygen atoms in total. The zero-order valence-electron chi connectivity index (χ0n) is 11.8. The standard InChI is InChI=1S/C15H20N2O4/c18-14(19)13-7-11-3-1-2-4-12(11)17(13)15(20)16-8-10-5-6-21-9-10/h5-6,9,11-13H,1-4,7-8H2,(H,16,20)(H,18,19). The summed E-state index contributed by atoms with van der Waals surface area (Å²) in [5.41, 5.74) is 0.870. The van der Waals surface area contributed by atoms with Gasteiger partial charge in [0.05, 0.1) is 12.5 Å². The van der Waals surface area contributed by atoms with Crippen LogP contribution in [0.2, 0.25) is 0 Å². The van der Waals surface area contributed by atoms with E-state index in [1.807, 2.05) is 0 Å². The molecule has 3 atom stereocenters. The van der Waals surface area contributed by atoms with Gasteiger partial charge in [0, 0.05) is 18.2 Å². The highest BCUT2D eigenvalue weighted by atomic mass is 16.4. The summed E-state index contributed by atoms with van der Waals surface area (Å²) in [6, 6.07) is 0.882. The Bertz CT molecular complexity index is 514. The lowest BCUT2D eigenvalue weighted by Crippen LogP contribution is -2.50. The van der Waals surface area contributed by atoms with Crippen LogP contribution in [0.1, 0.15) is 37.7 Å². The van der Waals surface area contributed by atoms with Gasteiger partial charge >= 0.3 is 12.0 Å². The molecule has 0 aromatic carbocycles. The molecule has 2 N–H and O–H groups in total. The van der Waals surface area contributed by atoms with Crippen molar-refractivity contribution < 1.29 is 19.1 Å². The van der Waals surface area contributed by atoms with E-state index in [2.05, 4.69) is 5.32 Å². The number of carbonyl (C=O) groups is 2. The fourth-order valence-corrected chi connectivity index (χ4v) is 3.63. The Labute approximate surface area is 123 Å². The fourth-order valence-electron chi connectivity index (χ4n) is 3.63. The van der Waals surface area contributed by atoms with Gasteiger partial charge in [-0.15, -0.1) is 0 Å². The number of furan rings is 1. The molecule has 2 fully saturated rings. The molecule has 2 heterocycles. The third-order valence-corrected chi connectivity index (χ3v) is 4.63. The summed E-state index contributed by atoms with van der Waals surface area (Å²) in [4.78, 5) is 25.4. The number of hydrogen-bond donors (Lipinski definition) is 2. The van der Waals surface area contributed by atoms with Crippen LogP contribution in [0.4, 0.5) is 4.79 Å². The van der Waals surface area contributed by atoms with Gasteiger partial charge in [-0.05, 0) is 31.2 Å². The maximum Gasteiger partial charge on any atom is 0.326 e. The summed E-state index contributed by atoms with van der Waals surface area (Å²) in [5, 5.41) is 12.2. The van der Waals surface area contributed by atoms with Crippen LogP contribution in [0.25, 0.3) is 0 Å². The van der Waals surface area contributed by atoms with Crippen LogP contribution in [0.3, 0.4) is 0 Å². The summed E-state index contributed by atoms with van der Waals surface area (Å²) >= 11 is 0. The second-order valence-electron chi connectivity index (χ2n) is 5.90. The third kappa shape index (κ3) is 2.75. The van der Waals surface area contributed by atoms with Crippen LogP contribution >= 0.6 is 0 Å². The molecule has 0 radical (unpaired) electrons. The van der Waals surface area contributed by atoms with Gasteiger partial charge in [-0.1, -0.05) is 12.8 Å². The molecule has 0 spiro atoms. The smallest absolute Gasteiger partial charge is 0.326 e. The van der Waals surface area contributed by atoms with Crippen LogP contribution < -0.4 is 5.32 Å². The molecular weight excluding hydrogens is 272 g/mol. The summed E-state index contributed by atoms with van der Waals surface area (Å²) in [6.07, 6.45) is 7.85. The minimum Gasteiger partial charge on any atom is -0.480 e. The second kappa shape index (κ2) is 5.79. The van der Waals surface area contributed by atoms with E-state index in [9.17, 15) is 14.7 Å². The van der Waals surface area contributed by atoms with Gasteiger partial charge in [-0.2, -0.15) is 0 Å². The molecule has 2 amide bonds. The van der Waals surface area contributed by atoms with Crippen molar-refractivity contribution in [3.8, 4) is 0 Å². The van der Waals surface area contributed by atoms with Crippen molar-refractivity contribution in [2.24, 2.45) is 5.92 Å². The largest absolute Gasteiger partial charge is 0.480 e. The summed E-state index contributed by atoms with van der Waals surface area (Å²) in [5.74, 6) is -0.567. The predicted molar refractivity (Wildman–Crippen MR) is 74.6 cm³/mol. The van der Waals surface area contributed by atoms with E-state index in [0.29, 0.717) is 18.9 Å². The normalized spacial score (nSPS) is 28.2. The monoisotopic (exact) mass is 292 g/mol. The number of rotatable bonds is 3. The van der Waals surface area contributed by atoms with Gasteiger partial charge in [0.15, 0.2) is 0 Å². The average Bonchev–Trinajstić information content (AvgIpc) is 3.11. The Balaban J connectivity index is 1.70. The summed E-state index contributed by atoms with van der Waals surface area (Å²) < 4.78 is 4.96. The Morgan fingerprint density at radius 3 is 2.90 bits per heavy atom. The maximum atomic E-state index is 12.4. The molecule has 6 heteroatoms. The van der Waals surface area contributed by atoms with Gasteiger partial charge in [-0.25, -0.2) is 9.59 Å². The highest BCUT2D eigenvalue weighted by molar-refractivity contribution is 5.83. The third-order valence-electron chi connectivity index (χ3n) is 4.63. The molecule has 0 bridgehead atoms. The number of carboxylic acids is 1. The molecule has 3 unspecified atom stereocenters. The highest BCUT2D eigenvalue weighted by Gasteiger charge is 2.47. The minimum atomic E-state index is -0.900. The van der Waals surface area contributed by atoms with E-state index >= 15 is 0 Å². The lowest BCUT2D eigenvalue weighted by atomic mass is 9.85. The number of likely N-dealkylation sites (tertiary alicyclic amines) is 1. The Hall–Kier alpha value is -1.98. The molecule has 1 aliphatic carbocycles. The van der Waals surface area contributed by atoms with E-state index in [4.69, 9.17) is 4.42 Å². The predicted octanol–water partition coefficient (Wildman–Crippen LogP) is 2.21. The number of carbonyl (C=O) groups excluding carboxylic acids is 1. The van der Waals surface area contributed by atoms with E-state index in [0.717, 1.165) is 31.2 Å². The molecule has 21 heavy (non-hydrogen) atoms. The van der Waals surface area contributed by atoms with E-state index in [1.165, 1.54) is 0 Å². The first kappa shape index (κ1) is 14.0. The Morgan fingerprint density at radius 2 is 2.19 bits per heavy atom. The van der Waals surface area contributed by atoms with Crippen molar-refractivity contribution in [1.29, 1.82) is 0 Å². The lowest BCUT2D eigenvalue weighted by molar-refractivity contribution is -0.141. The van der Waals surface area contributed by atoms with E-state index in [-0.39, 0.29) is 12.1 Å². The van der Waals surface area contributed by atoms with Crippen LogP contribution in [0.5, 0.6) is 0 Å². The first-order chi connectivity index (χ1) is 10.2. The number of amides is 2. The molecule has 1 aromatic heterocycles. The second-order valence-corrected chi connectivity index (χ2v) is 5.90. The number of carboxylic acid groups (broad SMARTS) is 1. The van der Waals surface area contributed by atoms with Crippen LogP contribution in [0, 0.1) is 5.92 Å². The molecule has 3 rings (SSSR count). The zero-order valence-corrected chi connectivity index (χ0v) is 11.8.